The number of carbonyl (C=O) groups is 3. The van der Waals surface area contributed by atoms with Gasteiger partial charge < -0.3 is 30.4 Å². The monoisotopic (exact) mass is 444 g/mol. The number of allylic oxidation sites excluding steroid dienone is 2. The third-order valence-electron chi connectivity index (χ3n) is 5.96. The van der Waals surface area contributed by atoms with Gasteiger partial charge in [0.15, 0.2) is 0 Å². The average Bonchev–Trinajstić information content (AvgIpc) is 3.64. The van der Waals surface area contributed by atoms with Crippen molar-refractivity contribution >= 4 is 17.5 Å². The first-order chi connectivity index (χ1) is 15.5. The van der Waals surface area contributed by atoms with Crippen molar-refractivity contribution in [1.82, 2.24) is 30.2 Å². The number of ketones is 2. The highest BCUT2D eigenvalue weighted by Crippen LogP contribution is 2.33. The lowest BCUT2D eigenvalue weighted by Crippen LogP contribution is -2.45. The molecule has 0 spiro atoms. The van der Waals surface area contributed by atoms with Crippen LogP contribution in [0.3, 0.4) is 0 Å². The van der Waals surface area contributed by atoms with Crippen LogP contribution in [0.2, 0.25) is 0 Å². The number of piperazine rings is 1. The van der Waals surface area contributed by atoms with E-state index in [0.29, 0.717) is 23.6 Å². The number of nitrogens with one attached hydrogen (secondary N) is 2. The van der Waals surface area contributed by atoms with E-state index in [2.05, 4.69) is 15.5 Å². The van der Waals surface area contributed by atoms with Crippen LogP contribution in [-0.4, -0.2) is 121 Å². The van der Waals surface area contributed by atoms with E-state index in [1.54, 1.807) is 13.0 Å². The Kier molecular flexibility index (Phi) is 6.80. The van der Waals surface area contributed by atoms with E-state index in [9.17, 15) is 14.4 Å². The maximum absolute atomic E-state index is 12.4. The molecule has 0 unspecified atom stereocenters. The Morgan fingerprint density at radius 3 is 2.12 bits per heavy atom. The van der Waals surface area contributed by atoms with E-state index in [0.717, 1.165) is 72.0 Å². The molecule has 0 amide bonds. The van der Waals surface area contributed by atoms with Crippen LogP contribution < -0.4 is 10.6 Å². The molecule has 0 bridgehead atoms. The number of aliphatic carboxylic acids is 1. The summed E-state index contributed by atoms with van der Waals surface area (Å²) in [5.41, 5.74) is 2.17. The van der Waals surface area contributed by atoms with Crippen molar-refractivity contribution in [3.63, 3.8) is 0 Å². The highest BCUT2D eigenvalue weighted by Gasteiger charge is 2.43. The third kappa shape index (κ3) is 5.49. The van der Waals surface area contributed by atoms with Gasteiger partial charge >= 0.3 is 5.97 Å². The van der Waals surface area contributed by atoms with Crippen molar-refractivity contribution in [2.75, 3.05) is 78.5 Å². The minimum absolute atomic E-state index is 0.00546. The van der Waals surface area contributed by atoms with E-state index in [1.165, 1.54) is 6.08 Å². The van der Waals surface area contributed by atoms with E-state index in [1.807, 2.05) is 14.7 Å². The number of Topliss-reactive ketones (excluding diaryl/α,β-unsaturated/α-hetero) is 1. The molecule has 0 aromatic rings. The maximum atomic E-state index is 12.4. The van der Waals surface area contributed by atoms with Crippen LogP contribution in [0.1, 0.15) is 6.92 Å². The summed E-state index contributed by atoms with van der Waals surface area (Å²) in [6, 6.07) is 0. The molecule has 4 aliphatic heterocycles. The number of carboxylic acid groups (broad SMARTS) is 1. The molecule has 10 nitrogen and oxygen atoms in total. The Labute approximate surface area is 188 Å². The summed E-state index contributed by atoms with van der Waals surface area (Å²) < 4.78 is 0. The largest absolute Gasteiger partial charge is 0.477 e. The van der Waals surface area contributed by atoms with Gasteiger partial charge in [-0.2, -0.15) is 0 Å². The van der Waals surface area contributed by atoms with Gasteiger partial charge in [-0.15, -0.1) is 0 Å². The fourth-order valence-electron chi connectivity index (χ4n) is 3.86. The van der Waals surface area contributed by atoms with Crippen molar-refractivity contribution in [2.45, 2.75) is 6.92 Å². The molecule has 0 aromatic heterocycles. The van der Waals surface area contributed by atoms with Crippen LogP contribution in [0, 0.1) is 0 Å². The van der Waals surface area contributed by atoms with Crippen molar-refractivity contribution < 1.29 is 19.5 Å². The van der Waals surface area contributed by atoms with Crippen molar-refractivity contribution in [3.8, 4) is 0 Å². The molecule has 4 heterocycles. The van der Waals surface area contributed by atoms with Gasteiger partial charge in [-0.1, -0.05) is 6.08 Å². The van der Waals surface area contributed by atoms with E-state index < -0.39 is 5.97 Å². The topological polar surface area (TPSA) is 108 Å². The lowest BCUT2D eigenvalue weighted by molar-refractivity contribution is -0.133. The van der Waals surface area contributed by atoms with Gasteiger partial charge in [-0.05, 0) is 6.92 Å². The molecule has 0 aromatic carbocycles. The third-order valence-corrected chi connectivity index (χ3v) is 5.96. The number of hydrogen-bond acceptors (Lipinski definition) is 9. The molecule has 32 heavy (non-hydrogen) atoms. The second-order valence-corrected chi connectivity index (χ2v) is 8.41. The first-order valence-corrected chi connectivity index (χ1v) is 11.4. The van der Waals surface area contributed by atoms with Gasteiger partial charge in [-0.3, -0.25) is 14.5 Å². The van der Waals surface area contributed by atoms with E-state index >= 15 is 0 Å². The Morgan fingerprint density at radius 1 is 1.00 bits per heavy atom. The van der Waals surface area contributed by atoms with Gasteiger partial charge in [0.05, 0.1) is 5.70 Å². The van der Waals surface area contributed by atoms with Crippen molar-refractivity contribution in [3.05, 3.63) is 34.9 Å². The molecule has 0 atom stereocenters. The Morgan fingerprint density at radius 2 is 1.59 bits per heavy atom. The zero-order valence-corrected chi connectivity index (χ0v) is 18.6. The molecule has 0 saturated carbocycles. The van der Waals surface area contributed by atoms with Crippen LogP contribution in [0.5, 0.6) is 0 Å². The molecule has 5 rings (SSSR count). The quantitative estimate of drug-likeness (QED) is 0.236. The molecule has 1 aliphatic carbocycles. The summed E-state index contributed by atoms with van der Waals surface area (Å²) in [4.78, 5) is 43.4. The second-order valence-electron chi connectivity index (χ2n) is 8.41. The fourth-order valence-corrected chi connectivity index (χ4v) is 3.86. The van der Waals surface area contributed by atoms with Gasteiger partial charge in [-0.25, -0.2) is 4.79 Å². The lowest BCUT2D eigenvalue weighted by Gasteiger charge is -2.27. The Hall–Kier alpha value is -2.85. The van der Waals surface area contributed by atoms with Crippen LogP contribution >= 0.6 is 0 Å². The SMILES string of the molecule is C/C=C(\NCCN1CCNCC1)C(=O)O.O=C1C=C(N2CC2)C(=O)C(N2CC2)=C1N1CC1. The zero-order valence-electron chi connectivity index (χ0n) is 18.6. The number of carboxylic acids is 1. The van der Waals surface area contributed by atoms with E-state index in [-0.39, 0.29) is 17.3 Å². The van der Waals surface area contributed by atoms with Gasteiger partial charge in [0.1, 0.15) is 17.1 Å². The first-order valence-electron chi connectivity index (χ1n) is 11.4. The van der Waals surface area contributed by atoms with E-state index in [4.69, 9.17) is 5.11 Å². The summed E-state index contributed by atoms with van der Waals surface area (Å²) in [6.07, 6.45) is 3.11. The summed E-state index contributed by atoms with van der Waals surface area (Å²) in [7, 11) is 0. The Balaban J connectivity index is 0.000000155. The Bertz CT molecular complexity index is 862. The molecular weight excluding hydrogens is 412 g/mol. The highest BCUT2D eigenvalue weighted by molar-refractivity contribution is 6.22. The van der Waals surface area contributed by atoms with Crippen LogP contribution in [0.4, 0.5) is 0 Å². The second kappa shape index (κ2) is 9.74. The molecule has 0 radical (unpaired) electrons. The predicted octanol–water partition coefficient (Wildman–Crippen LogP) is -1.35. The first kappa shape index (κ1) is 22.3. The van der Waals surface area contributed by atoms with Gasteiger partial charge in [0.2, 0.25) is 11.6 Å². The van der Waals surface area contributed by atoms with Crippen molar-refractivity contribution in [2.24, 2.45) is 0 Å². The normalized spacial score (nSPS) is 23.0. The minimum atomic E-state index is -0.891. The average molecular weight is 445 g/mol. The molecule has 174 valence electrons. The number of nitrogens with zero attached hydrogens (tertiary/aromatic N) is 4. The number of hydrogen-bond donors (Lipinski definition) is 3. The lowest BCUT2D eigenvalue weighted by atomic mass is 10.0. The van der Waals surface area contributed by atoms with Gasteiger partial charge in [0.25, 0.3) is 0 Å². The smallest absolute Gasteiger partial charge is 0.351 e. The fraction of sp³-hybridized carbons (Fsp3) is 0.591. The van der Waals surface area contributed by atoms with Crippen LogP contribution in [0.15, 0.2) is 34.9 Å². The molecule has 4 saturated heterocycles. The summed E-state index contributed by atoms with van der Waals surface area (Å²) >= 11 is 0. The summed E-state index contributed by atoms with van der Waals surface area (Å²) in [6.45, 7) is 12.8. The predicted molar refractivity (Wildman–Crippen MR) is 119 cm³/mol. The van der Waals surface area contributed by atoms with Crippen LogP contribution in [-0.2, 0) is 14.4 Å². The highest BCUT2D eigenvalue weighted by atomic mass is 16.4. The van der Waals surface area contributed by atoms with Crippen LogP contribution in [0.25, 0.3) is 0 Å². The minimum Gasteiger partial charge on any atom is -0.477 e. The number of rotatable bonds is 8. The summed E-state index contributed by atoms with van der Waals surface area (Å²) in [5, 5.41) is 14.9. The zero-order chi connectivity index (χ0) is 22.7. The number of carbonyl (C=O) groups excluding carboxylic acids is 2. The molecule has 5 aliphatic rings. The molecular formula is C22H32N6O4. The molecule has 4 fully saturated rings. The standard InChI is InChI=1S/C12H13N3O2.C10H19N3O2/c16-9-7-8(13-1-2-13)12(17)11(15-5-6-15)10(9)14-3-4-14;1-2-9(10(14)15)12-5-8-13-6-3-11-4-7-13/h7H,1-6H2;2,11-12H,3-8H2,1H3,(H,14,15)/b;9-2-. The van der Waals surface area contributed by atoms with Crippen molar-refractivity contribution in [1.29, 1.82) is 0 Å². The maximum Gasteiger partial charge on any atom is 0.351 e. The molecule has 3 N–H and O–H groups in total. The molecule has 10 heteroatoms. The van der Waals surface area contributed by atoms with Gasteiger partial charge in [0, 0.05) is 84.6 Å². The summed E-state index contributed by atoms with van der Waals surface area (Å²) in [5.74, 6) is -0.842.